The molecule has 0 saturated carbocycles. The third kappa shape index (κ3) is 7.12. The third-order valence-corrected chi connectivity index (χ3v) is 8.33. The molecule has 3 aromatic carbocycles. The molecule has 0 atom stereocenters. The number of carbonyl (C=O) groups is 1. The number of benzene rings is 3. The van der Waals surface area contributed by atoms with Gasteiger partial charge in [-0.3, -0.25) is 14.3 Å². The van der Waals surface area contributed by atoms with Crippen molar-refractivity contribution < 1.29 is 23.4 Å². The van der Waals surface area contributed by atoms with E-state index in [1.807, 2.05) is 6.07 Å². The molecule has 3 heterocycles. The Hall–Kier alpha value is -5.23. The van der Waals surface area contributed by atoms with E-state index in [0.29, 0.717) is 40.4 Å². The van der Waals surface area contributed by atoms with Crippen LogP contribution in [0.4, 0.5) is 10.1 Å². The lowest BCUT2D eigenvalue weighted by Gasteiger charge is -2.30. The summed E-state index contributed by atoms with van der Waals surface area (Å²) in [5.41, 5.74) is 0.800. The van der Waals surface area contributed by atoms with Gasteiger partial charge in [0.25, 0.3) is 5.91 Å². The van der Waals surface area contributed by atoms with Gasteiger partial charge in [0.1, 0.15) is 5.75 Å². The van der Waals surface area contributed by atoms with Crippen LogP contribution >= 0.6 is 0 Å². The van der Waals surface area contributed by atoms with Gasteiger partial charge in [0.15, 0.2) is 23.1 Å². The number of carbonyl (C=O) groups excluding carboxylic acids is 1. The molecule has 0 radical (unpaired) electrons. The predicted molar refractivity (Wildman–Crippen MR) is 176 cm³/mol. The number of piperidine rings is 1. The lowest BCUT2D eigenvalue weighted by Crippen LogP contribution is -2.34. The topological polar surface area (TPSA) is 113 Å². The summed E-state index contributed by atoms with van der Waals surface area (Å²) in [4.78, 5) is 32.6. The number of amides is 1. The first kappa shape index (κ1) is 31.7. The zero-order chi connectivity index (χ0) is 32.9. The van der Waals surface area contributed by atoms with Gasteiger partial charge in [0, 0.05) is 43.0 Å². The minimum atomic E-state index is -0.702. The zero-order valence-corrected chi connectivity index (χ0v) is 26.6. The van der Waals surface area contributed by atoms with Gasteiger partial charge in [-0.15, -0.1) is 5.10 Å². The Morgan fingerprint density at radius 2 is 1.79 bits per heavy atom. The van der Waals surface area contributed by atoms with Gasteiger partial charge in [0.05, 0.1) is 24.9 Å². The number of nitrogens with one attached hydrogen (secondary N) is 1. The molecule has 0 spiro atoms. The largest absolute Gasteiger partial charge is 0.493 e. The molecule has 1 fully saturated rings. The van der Waals surface area contributed by atoms with Gasteiger partial charge in [-0.1, -0.05) is 25.1 Å². The van der Waals surface area contributed by atoms with Crippen LogP contribution in [0.2, 0.25) is 0 Å². The van der Waals surface area contributed by atoms with E-state index in [1.54, 1.807) is 55.8 Å². The van der Waals surface area contributed by atoms with E-state index in [0.717, 1.165) is 47.3 Å². The Kier molecular flexibility index (Phi) is 9.48. The highest BCUT2D eigenvalue weighted by molar-refractivity contribution is 6.01. The highest BCUT2D eigenvalue weighted by Gasteiger charge is 2.20. The first-order valence-corrected chi connectivity index (χ1v) is 15.6. The van der Waals surface area contributed by atoms with Gasteiger partial charge in [-0.25, -0.2) is 9.18 Å². The first-order chi connectivity index (χ1) is 22.8. The van der Waals surface area contributed by atoms with Gasteiger partial charge < -0.3 is 24.4 Å². The number of hydrogen-bond acceptors (Lipinski definition) is 8. The van der Waals surface area contributed by atoms with Crippen molar-refractivity contribution in [3.05, 3.63) is 95.1 Å². The van der Waals surface area contributed by atoms with Crippen LogP contribution in [-0.4, -0.2) is 63.5 Å². The molecule has 2 aromatic heterocycles. The lowest BCUT2D eigenvalue weighted by molar-refractivity contribution is 0.101. The van der Waals surface area contributed by atoms with Crippen molar-refractivity contribution in [1.82, 2.24) is 24.2 Å². The fourth-order valence-electron chi connectivity index (χ4n) is 5.58. The van der Waals surface area contributed by atoms with Crippen LogP contribution in [0.25, 0.3) is 16.6 Å². The Labute approximate surface area is 271 Å². The number of likely N-dealkylation sites (tertiary alicyclic amines) is 1. The Balaban J connectivity index is 1.13. The van der Waals surface area contributed by atoms with Crippen LogP contribution in [0, 0.1) is 11.7 Å². The van der Waals surface area contributed by atoms with Crippen LogP contribution in [-0.2, 0) is 7.05 Å². The van der Waals surface area contributed by atoms with Crippen molar-refractivity contribution >= 4 is 22.5 Å². The molecule has 6 rings (SSSR count). The maximum absolute atomic E-state index is 15.3. The minimum absolute atomic E-state index is 0.0531. The number of anilines is 1. The molecule has 12 heteroatoms. The summed E-state index contributed by atoms with van der Waals surface area (Å²) in [5.74, 6) is 0.719. The van der Waals surface area contributed by atoms with Gasteiger partial charge in [0.2, 0.25) is 5.82 Å². The lowest BCUT2D eigenvalue weighted by atomic mass is 9.99. The average molecular weight is 641 g/mol. The number of halogens is 1. The SMILES string of the molecule is COc1cc2c(Oc3ccc(NC(=O)c4nn(-c5ccccc5)c(=O)n4C)cc3F)ccnc2cc1OCCCN1CCC(C)CC1. The summed E-state index contributed by atoms with van der Waals surface area (Å²) in [6.45, 7) is 6.11. The van der Waals surface area contributed by atoms with Gasteiger partial charge in [-0.2, -0.15) is 4.68 Å². The molecule has 5 aromatic rings. The van der Waals surface area contributed by atoms with Crippen LogP contribution < -0.4 is 25.2 Å². The van der Waals surface area contributed by atoms with E-state index < -0.39 is 17.4 Å². The van der Waals surface area contributed by atoms with E-state index >= 15 is 4.39 Å². The predicted octanol–water partition coefficient (Wildman–Crippen LogP) is 5.81. The van der Waals surface area contributed by atoms with Crippen molar-refractivity contribution in [2.24, 2.45) is 13.0 Å². The summed E-state index contributed by atoms with van der Waals surface area (Å²) < 4.78 is 35.2. The van der Waals surface area contributed by atoms with Crippen LogP contribution in [0.5, 0.6) is 23.0 Å². The molecule has 1 aliphatic rings. The van der Waals surface area contributed by atoms with E-state index in [1.165, 1.54) is 32.0 Å². The minimum Gasteiger partial charge on any atom is -0.493 e. The molecular weight excluding hydrogens is 603 g/mol. The van der Waals surface area contributed by atoms with E-state index in [9.17, 15) is 9.59 Å². The van der Waals surface area contributed by atoms with Gasteiger partial charge in [-0.05, 0) is 74.7 Å². The molecule has 11 nitrogen and oxygen atoms in total. The first-order valence-electron chi connectivity index (χ1n) is 15.6. The monoisotopic (exact) mass is 640 g/mol. The van der Waals surface area contributed by atoms with Crippen molar-refractivity contribution in [2.45, 2.75) is 26.2 Å². The Bertz CT molecular complexity index is 1930. The highest BCUT2D eigenvalue weighted by Crippen LogP contribution is 2.38. The maximum atomic E-state index is 15.3. The number of para-hydroxylation sites is 1. The van der Waals surface area contributed by atoms with E-state index in [-0.39, 0.29) is 17.3 Å². The summed E-state index contributed by atoms with van der Waals surface area (Å²) in [6.07, 6.45) is 4.96. The number of methoxy groups -OCH3 is 1. The Morgan fingerprint density at radius 3 is 2.53 bits per heavy atom. The number of nitrogens with zero attached hydrogens (tertiary/aromatic N) is 5. The molecule has 0 bridgehead atoms. The fourth-order valence-corrected chi connectivity index (χ4v) is 5.58. The molecule has 0 unspecified atom stereocenters. The summed E-state index contributed by atoms with van der Waals surface area (Å²) in [7, 11) is 3.01. The second kappa shape index (κ2) is 14.0. The summed E-state index contributed by atoms with van der Waals surface area (Å²) >= 11 is 0. The molecule has 1 saturated heterocycles. The fraction of sp³-hybridized carbons (Fsp3) is 0.314. The third-order valence-electron chi connectivity index (χ3n) is 8.33. The second-order valence-corrected chi connectivity index (χ2v) is 11.7. The van der Waals surface area contributed by atoms with E-state index in [2.05, 4.69) is 27.2 Å². The molecule has 47 heavy (non-hydrogen) atoms. The molecule has 1 amide bonds. The van der Waals surface area contributed by atoms with Crippen LogP contribution in [0.3, 0.4) is 0 Å². The Morgan fingerprint density at radius 1 is 1.00 bits per heavy atom. The molecule has 244 valence electrons. The normalized spacial score (nSPS) is 13.9. The van der Waals surface area contributed by atoms with Gasteiger partial charge >= 0.3 is 5.69 Å². The number of pyridine rings is 1. The van der Waals surface area contributed by atoms with Crippen LogP contribution in [0.15, 0.2) is 77.7 Å². The molecule has 1 N–H and O–H groups in total. The van der Waals surface area contributed by atoms with Crippen molar-refractivity contribution in [2.75, 3.05) is 38.7 Å². The van der Waals surface area contributed by atoms with Crippen molar-refractivity contribution in [3.63, 3.8) is 0 Å². The standard InChI is InChI=1S/C35H37FN6O5/c1-23-13-17-41(18-14-23)16-7-19-46-32-22-28-26(21-31(32)45-3)29(12-15-37-28)47-30-11-10-24(20-27(30)36)38-34(43)33-39-42(35(44)40(33)2)25-8-5-4-6-9-25/h4-6,8-12,15,20-23H,7,13-14,16-19H2,1-3H3,(H,38,43). The number of aromatic nitrogens is 4. The number of rotatable bonds is 11. The molecular formula is C35H37FN6O5. The van der Waals surface area contributed by atoms with Crippen molar-refractivity contribution in [1.29, 1.82) is 0 Å². The van der Waals surface area contributed by atoms with Crippen molar-refractivity contribution in [3.8, 4) is 28.7 Å². The maximum Gasteiger partial charge on any atom is 0.350 e. The number of ether oxygens (including phenoxy) is 3. The smallest absolute Gasteiger partial charge is 0.350 e. The quantitative estimate of drug-likeness (QED) is 0.180. The summed E-state index contributed by atoms with van der Waals surface area (Å²) in [5, 5.41) is 7.39. The van der Waals surface area contributed by atoms with E-state index in [4.69, 9.17) is 14.2 Å². The molecule has 0 aliphatic carbocycles. The number of hydrogen-bond donors (Lipinski definition) is 1. The molecule has 1 aliphatic heterocycles. The summed E-state index contributed by atoms with van der Waals surface area (Å²) in [6, 6.07) is 18.0. The average Bonchev–Trinajstić information content (AvgIpc) is 3.38. The van der Waals surface area contributed by atoms with Crippen LogP contribution in [0.1, 0.15) is 36.8 Å². The second-order valence-electron chi connectivity index (χ2n) is 11.7. The number of fused-ring (bicyclic) bond motifs is 1. The highest BCUT2D eigenvalue weighted by atomic mass is 19.1. The zero-order valence-electron chi connectivity index (χ0n) is 26.6.